The summed E-state index contributed by atoms with van der Waals surface area (Å²) in [5.41, 5.74) is 0.516. The van der Waals surface area contributed by atoms with Crippen molar-refractivity contribution in [1.82, 2.24) is 4.90 Å². The minimum Gasteiger partial charge on any atom is -0.504 e. The molecule has 2 N–H and O–H groups in total. The van der Waals surface area contributed by atoms with Crippen molar-refractivity contribution in [3.63, 3.8) is 0 Å². The maximum Gasteiger partial charge on any atom is 0.252 e. The summed E-state index contributed by atoms with van der Waals surface area (Å²) in [7, 11) is 0. The van der Waals surface area contributed by atoms with Crippen molar-refractivity contribution < 1.29 is 19.8 Å². The number of phenolic OH excluding ortho intramolecular Hbond substituents is 2. The zero-order chi connectivity index (χ0) is 14.6. The molecule has 1 aromatic carbocycles. The lowest BCUT2D eigenvalue weighted by Gasteiger charge is -2.23. The Balaban J connectivity index is 2.90. The van der Waals surface area contributed by atoms with E-state index in [4.69, 9.17) is 0 Å². The summed E-state index contributed by atoms with van der Waals surface area (Å²) in [5.74, 6) is -1.39. The third-order valence-electron chi connectivity index (χ3n) is 2.59. The second-order valence-corrected chi connectivity index (χ2v) is 4.40. The molecule has 0 aliphatic carbocycles. The van der Waals surface area contributed by atoms with Crippen LogP contribution >= 0.6 is 0 Å². The summed E-state index contributed by atoms with van der Waals surface area (Å²) in [6.07, 6.45) is 1.05. The number of hydrogen-bond donors (Lipinski definition) is 2. The first-order valence-electron chi connectivity index (χ1n) is 5.86. The Morgan fingerprint density at radius 1 is 1.32 bits per heavy atom. The summed E-state index contributed by atoms with van der Waals surface area (Å²) >= 11 is 0. The Morgan fingerprint density at radius 2 is 1.95 bits per heavy atom. The molecule has 0 atom stereocenters. The molecule has 0 aliphatic heterocycles. The zero-order valence-electron chi connectivity index (χ0n) is 11.0. The maximum atomic E-state index is 12.1. The van der Waals surface area contributed by atoms with Crippen LogP contribution in [0, 0.1) is 0 Å². The molecule has 5 heteroatoms. The molecule has 2 amide bonds. The van der Waals surface area contributed by atoms with Gasteiger partial charge in [0.05, 0.1) is 6.42 Å². The number of nitrogens with zero attached hydrogens (tertiary/aromatic N) is 1. The third kappa shape index (κ3) is 3.58. The van der Waals surface area contributed by atoms with Gasteiger partial charge in [0, 0.05) is 6.04 Å². The van der Waals surface area contributed by atoms with Gasteiger partial charge in [0.2, 0.25) is 5.91 Å². The van der Waals surface area contributed by atoms with Crippen molar-refractivity contribution >= 4 is 11.8 Å². The fourth-order valence-electron chi connectivity index (χ4n) is 1.70. The van der Waals surface area contributed by atoms with Crippen LogP contribution in [0.4, 0.5) is 0 Å². The van der Waals surface area contributed by atoms with Gasteiger partial charge < -0.3 is 10.2 Å². The van der Waals surface area contributed by atoms with Gasteiger partial charge in [-0.2, -0.15) is 0 Å². The molecule has 0 aromatic heterocycles. The van der Waals surface area contributed by atoms with Gasteiger partial charge in [-0.15, -0.1) is 0 Å². The van der Waals surface area contributed by atoms with Gasteiger partial charge in [-0.3, -0.25) is 14.5 Å². The number of carbonyl (C=O) groups excluding carboxylic acids is 2. The first kappa shape index (κ1) is 14.8. The van der Waals surface area contributed by atoms with Crippen LogP contribution in [0.2, 0.25) is 0 Å². The molecule has 0 bridgehead atoms. The Bertz CT molecular complexity index is 508. The molecule has 1 rings (SSSR count). The molecule has 5 nitrogen and oxygen atoms in total. The largest absolute Gasteiger partial charge is 0.504 e. The smallest absolute Gasteiger partial charge is 0.252 e. The number of benzene rings is 1. The number of imide groups is 1. The van der Waals surface area contributed by atoms with E-state index in [-0.39, 0.29) is 29.9 Å². The van der Waals surface area contributed by atoms with Crippen LogP contribution in [0.5, 0.6) is 11.5 Å². The number of hydrogen-bond acceptors (Lipinski definition) is 4. The highest BCUT2D eigenvalue weighted by molar-refractivity contribution is 6.01. The van der Waals surface area contributed by atoms with E-state index in [0.29, 0.717) is 5.56 Å². The average molecular weight is 263 g/mol. The van der Waals surface area contributed by atoms with Crippen molar-refractivity contribution in [2.24, 2.45) is 0 Å². The Labute approximate surface area is 111 Å². The second-order valence-electron chi connectivity index (χ2n) is 4.40. The van der Waals surface area contributed by atoms with Crippen molar-refractivity contribution in [1.29, 1.82) is 0 Å². The van der Waals surface area contributed by atoms with Crippen molar-refractivity contribution in [2.45, 2.75) is 26.3 Å². The lowest BCUT2D eigenvalue weighted by atomic mass is 10.1. The molecule has 1 aromatic rings. The van der Waals surface area contributed by atoms with Crippen LogP contribution < -0.4 is 0 Å². The lowest BCUT2D eigenvalue weighted by Crippen LogP contribution is -2.41. The topological polar surface area (TPSA) is 77.8 Å². The monoisotopic (exact) mass is 263 g/mol. The van der Waals surface area contributed by atoms with E-state index in [9.17, 15) is 19.8 Å². The Hall–Kier alpha value is -2.30. The summed E-state index contributed by atoms with van der Waals surface area (Å²) in [4.78, 5) is 24.8. The lowest BCUT2D eigenvalue weighted by molar-refractivity contribution is -0.143. The van der Waals surface area contributed by atoms with E-state index in [2.05, 4.69) is 6.58 Å². The fraction of sp³-hybridized carbons (Fsp3) is 0.286. The molecule has 102 valence electrons. The zero-order valence-corrected chi connectivity index (χ0v) is 11.0. The Kier molecular flexibility index (Phi) is 4.69. The highest BCUT2D eigenvalue weighted by Crippen LogP contribution is 2.25. The first-order chi connectivity index (χ1) is 8.86. The molecule has 0 saturated heterocycles. The number of phenols is 2. The van der Waals surface area contributed by atoms with E-state index in [0.717, 1.165) is 11.0 Å². The number of rotatable bonds is 4. The summed E-state index contributed by atoms with van der Waals surface area (Å²) in [5, 5.41) is 18.5. The van der Waals surface area contributed by atoms with Crippen LogP contribution in [-0.4, -0.2) is 33.0 Å². The van der Waals surface area contributed by atoms with Crippen LogP contribution in [0.3, 0.4) is 0 Å². The van der Waals surface area contributed by atoms with Gasteiger partial charge in [-0.1, -0.05) is 12.6 Å². The van der Waals surface area contributed by atoms with Gasteiger partial charge in [0.15, 0.2) is 11.5 Å². The van der Waals surface area contributed by atoms with Crippen LogP contribution in [0.25, 0.3) is 0 Å². The molecule has 0 spiro atoms. The number of aromatic hydroxyl groups is 2. The quantitative estimate of drug-likeness (QED) is 0.638. The van der Waals surface area contributed by atoms with Crippen LogP contribution in [0.15, 0.2) is 30.9 Å². The Morgan fingerprint density at radius 3 is 2.42 bits per heavy atom. The summed E-state index contributed by atoms with van der Waals surface area (Å²) in [6.45, 7) is 6.82. The number of carbonyl (C=O) groups is 2. The van der Waals surface area contributed by atoms with Gasteiger partial charge >= 0.3 is 0 Å². The molecular formula is C14H17NO4. The predicted octanol–water partition coefficient (Wildman–Crippen LogP) is 1.59. The van der Waals surface area contributed by atoms with E-state index < -0.39 is 5.91 Å². The molecule has 19 heavy (non-hydrogen) atoms. The highest BCUT2D eigenvalue weighted by Gasteiger charge is 2.22. The fourth-order valence-corrected chi connectivity index (χ4v) is 1.70. The van der Waals surface area contributed by atoms with Crippen molar-refractivity contribution in [2.75, 3.05) is 0 Å². The molecular weight excluding hydrogens is 246 g/mol. The van der Waals surface area contributed by atoms with Crippen LogP contribution in [0.1, 0.15) is 19.4 Å². The molecule has 0 aliphatic rings. The third-order valence-corrected chi connectivity index (χ3v) is 2.59. The SMILES string of the molecule is C=CC(=O)N(C(=O)Cc1ccc(O)c(O)c1)C(C)C. The van der Waals surface area contributed by atoms with E-state index in [1.165, 1.54) is 18.2 Å². The van der Waals surface area contributed by atoms with Crippen LogP contribution in [-0.2, 0) is 16.0 Å². The molecule has 0 radical (unpaired) electrons. The normalized spacial score (nSPS) is 10.3. The summed E-state index contributed by atoms with van der Waals surface area (Å²) in [6, 6.07) is 3.84. The summed E-state index contributed by atoms with van der Waals surface area (Å²) < 4.78 is 0. The highest BCUT2D eigenvalue weighted by atomic mass is 16.3. The van der Waals surface area contributed by atoms with Gasteiger partial charge in [0.25, 0.3) is 5.91 Å². The second kappa shape index (κ2) is 6.04. The standard InChI is InChI=1S/C14H17NO4/c1-4-13(18)15(9(2)3)14(19)8-10-5-6-11(16)12(17)7-10/h4-7,9,16-17H,1,8H2,2-3H3. The van der Waals surface area contributed by atoms with E-state index in [1.54, 1.807) is 13.8 Å². The molecule has 0 heterocycles. The van der Waals surface area contributed by atoms with Gasteiger partial charge in [-0.05, 0) is 37.6 Å². The van der Waals surface area contributed by atoms with E-state index >= 15 is 0 Å². The maximum absolute atomic E-state index is 12.1. The van der Waals surface area contributed by atoms with E-state index in [1.807, 2.05) is 0 Å². The minimum absolute atomic E-state index is 0.0361. The van der Waals surface area contributed by atoms with Gasteiger partial charge in [-0.25, -0.2) is 0 Å². The first-order valence-corrected chi connectivity index (χ1v) is 5.86. The van der Waals surface area contributed by atoms with Crippen molar-refractivity contribution in [3.05, 3.63) is 36.4 Å². The molecule has 0 saturated carbocycles. The minimum atomic E-state index is -0.456. The van der Waals surface area contributed by atoms with Crippen molar-refractivity contribution in [3.8, 4) is 11.5 Å². The van der Waals surface area contributed by atoms with Gasteiger partial charge in [0.1, 0.15) is 0 Å². The molecule has 0 fully saturated rings. The predicted molar refractivity (Wildman–Crippen MR) is 70.7 cm³/mol. The average Bonchev–Trinajstić information content (AvgIpc) is 2.33. The molecule has 0 unspecified atom stereocenters. The number of amides is 2.